The van der Waals surface area contributed by atoms with Gasteiger partial charge in [0.2, 0.25) is 0 Å². The molecule has 0 unspecified atom stereocenters. The zero-order valence-corrected chi connectivity index (χ0v) is 14.7. The standard InChI is InChI=1S/C16H15N5O6/c1-4-8-7-17-13-11(15(23)20(3)16(24)19(13)2)12(8)18-14(22)9-5-6-10(27-9)21(25)26/h5-7H,4H2,1-3H3,(H,17,18,22). The maximum Gasteiger partial charge on any atom is 0.433 e. The van der Waals surface area contributed by atoms with Crippen LogP contribution in [0.15, 0.2) is 32.3 Å². The van der Waals surface area contributed by atoms with Gasteiger partial charge in [-0.25, -0.2) is 9.78 Å². The third-order valence-corrected chi connectivity index (χ3v) is 4.16. The molecular weight excluding hydrogens is 358 g/mol. The Bertz CT molecular complexity index is 1200. The van der Waals surface area contributed by atoms with Crippen LogP contribution >= 0.6 is 0 Å². The number of carbonyl (C=O) groups is 1. The smallest absolute Gasteiger partial charge is 0.395 e. The lowest BCUT2D eigenvalue weighted by Crippen LogP contribution is -2.38. The van der Waals surface area contributed by atoms with Gasteiger partial charge in [-0.1, -0.05) is 6.92 Å². The molecule has 0 fully saturated rings. The van der Waals surface area contributed by atoms with Crippen LogP contribution in [-0.2, 0) is 20.5 Å². The first-order chi connectivity index (χ1) is 12.8. The number of carbonyl (C=O) groups excluding carboxylic acids is 1. The second-order valence-corrected chi connectivity index (χ2v) is 5.77. The summed E-state index contributed by atoms with van der Waals surface area (Å²) >= 11 is 0. The number of aryl methyl sites for hydroxylation is 2. The molecule has 0 radical (unpaired) electrons. The molecule has 0 atom stereocenters. The summed E-state index contributed by atoms with van der Waals surface area (Å²) < 4.78 is 7.01. The van der Waals surface area contributed by atoms with Crippen molar-refractivity contribution < 1.29 is 14.1 Å². The molecule has 0 aromatic carbocycles. The van der Waals surface area contributed by atoms with Crippen molar-refractivity contribution in [1.29, 1.82) is 0 Å². The van der Waals surface area contributed by atoms with Crippen molar-refractivity contribution >= 4 is 28.5 Å². The minimum atomic E-state index is -0.763. The predicted octanol–water partition coefficient (Wildman–Crippen LogP) is 0.948. The lowest BCUT2D eigenvalue weighted by Gasteiger charge is -2.14. The van der Waals surface area contributed by atoms with E-state index in [-0.39, 0.29) is 22.5 Å². The van der Waals surface area contributed by atoms with Crippen molar-refractivity contribution in [3.05, 3.63) is 60.6 Å². The first-order valence-corrected chi connectivity index (χ1v) is 7.89. The molecule has 140 valence electrons. The molecule has 11 nitrogen and oxygen atoms in total. The van der Waals surface area contributed by atoms with E-state index in [1.165, 1.54) is 24.9 Å². The fourth-order valence-electron chi connectivity index (χ4n) is 2.70. The summed E-state index contributed by atoms with van der Waals surface area (Å²) in [6.07, 6.45) is 1.91. The van der Waals surface area contributed by atoms with Gasteiger partial charge < -0.3 is 9.73 Å². The number of amides is 1. The highest BCUT2D eigenvalue weighted by atomic mass is 16.6. The number of nitro groups is 1. The van der Waals surface area contributed by atoms with Gasteiger partial charge >= 0.3 is 11.6 Å². The summed E-state index contributed by atoms with van der Waals surface area (Å²) in [6.45, 7) is 1.81. The molecule has 3 aromatic heterocycles. The van der Waals surface area contributed by atoms with Crippen LogP contribution in [0.5, 0.6) is 0 Å². The maximum atomic E-state index is 12.6. The Morgan fingerprint density at radius 2 is 2.00 bits per heavy atom. The Morgan fingerprint density at radius 3 is 2.59 bits per heavy atom. The zero-order valence-electron chi connectivity index (χ0n) is 14.7. The van der Waals surface area contributed by atoms with E-state index in [4.69, 9.17) is 4.42 Å². The molecule has 1 amide bonds. The fourth-order valence-corrected chi connectivity index (χ4v) is 2.70. The number of hydrogen-bond donors (Lipinski definition) is 1. The minimum absolute atomic E-state index is 0.0633. The highest BCUT2D eigenvalue weighted by Gasteiger charge is 2.22. The van der Waals surface area contributed by atoms with Crippen molar-refractivity contribution in [3.63, 3.8) is 0 Å². The first-order valence-electron chi connectivity index (χ1n) is 7.89. The van der Waals surface area contributed by atoms with Crippen molar-refractivity contribution in [2.24, 2.45) is 14.1 Å². The lowest BCUT2D eigenvalue weighted by atomic mass is 10.1. The third-order valence-electron chi connectivity index (χ3n) is 4.16. The Hall–Kier alpha value is -3.76. The van der Waals surface area contributed by atoms with Gasteiger partial charge in [0.05, 0.1) is 11.8 Å². The summed E-state index contributed by atoms with van der Waals surface area (Å²) in [5, 5.41) is 13.3. The van der Waals surface area contributed by atoms with Gasteiger partial charge in [-0.2, -0.15) is 0 Å². The molecule has 0 spiro atoms. The number of furan rings is 1. The van der Waals surface area contributed by atoms with Crippen LogP contribution in [0.25, 0.3) is 11.0 Å². The number of fused-ring (bicyclic) bond motifs is 1. The molecule has 1 N–H and O–H groups in total. The zero-order chi connectivity index (χ0) is 19.9. The molecule has 0 saturated heterocycles. The molecule has 0 aliphatic carbocycles. The Labute approximate surface area is 151 Å². The van der Waals surface area contributed by atoms with Crippen LogP contribution in [0.1, 0.15) is 23.0 Å². The number of nitrogens with one attached hydrogen (secondary N) is 1. The fraction of sp³-hybridized carbons (Fsp3) is 0.250. The van der Waals surface area contributed by atoms with E-state index >= 15 is 0 Å². The monoisotopic (exact) mass is 373 g/mol. The summed E-state index contributed by atoms with van der Waals surface area (Å²) in [6, 6.07) is 2.22. The van der Waals surface area contributed by atoms with E-state index in [0.29, 0.717) is 12.0 Å². The normalized spacial score (nSPS) is 10.9. The van der Waals surface area contributed by atoms with Crippen LogP contribution in [-0.4, -0.2) is 24.9 Å². The van der Waals surface area contributed by atoms with E-state index in [1.807, 2.05) is 6.92 Å². The molecule has 0 bridgehead atoms. The molecule has 0 saturated carbocycles. The largest absolute Gasteiger partial charge is 0.433 e. The van der Waals surface area contributed by atoms with Gasteiger partial charge in [0.1, 0.15) is 10.3 Å². The number of rotatable bonds is 4. The molecule has 3 rings (SSSR count). The third kappa shape index (κ3) is 2.88. The predicted molar refractivity (Wildman–Crippen MR) is 94.9 cm³/mol. The average Bonchev–Trinajstić information content (AvgIpc) is 3.15. The molecular formula is C16H15N5O6. The average molecular weight is 373 g/mol. The van der Waals surface area contributed by atoms with Crippen molar-refractivity contribution in [1.82, 2.24) is 14.1 Å². The maximum absolute atomic E-state index is 12.6. The summed E-state index contributed by atoms with van der Waals surface area (Å²) in [7, 11) is 2.79. The SMILES string of the molecule is CCc1cnc2c(c1NC(=O)c1ccc([N+](=O)[O-])o1)c(=O)n(C)c(=O)n2C. The number of anilines is 1. The molecule has 3 heterocycles. The molecule has 0 aliphatic rings. The van der Waals surface area contributed by atoms with Gasteiger partial charge in [-0.3, -0.25) is 28.8 Å². The second-order valence-electron chi connectivity index (χ2n) is 5.77. The van der Waals surface area contributed by atoms with Crippen LogP contribution in [0.4, 0.5) is 11.6 Å². The number of pyridine rings is 1. The van der Waals surface area contributed by atoms with E-state index in [9.17, 15) is 24.5 Å². The highest BCUT2D eigenvalue weighted by molar-refractivity contribution is 6.07. The topological polar surface area (TPSA) is 142 Å². The van der Waals surface area contributed by atoms with Gasteiger partial charge in [-0.05, 0) is 18.1 Å². The Morgan fingerprint density at radius 1 is 1.30 bits per heavy atom. The summed E-state index contributed by atoms with van der Waals surface area (Å²) in [5.74, 6) is -1.62. The van der Waals surface area contributed by atoms with Crippen molar-refractivity contribution in [2.75, 3.05) is 5.32 Å². The number of aromatic nitrogens is 3. The van der Waals surface area contributed by atoms with Crippen LogP contribution in [0.3, 0.4) is 0 Å². The molecule has 27 heavy (non-hydrogen) atoms. The minimum Gasteiger partial charge on any atom is -0.395 e. The van der Waals surface area contributed by atoms with Crippen LogP contribution < -0.4 is 16.6 Å². The number of hydrogen-bond acceptors (Lipinski definition) is 7. The van der Waals surface area contributed by atoms with Crippen LogP contribution in [0, 0.1) is 10.1 Å². The molecule has 3 aromatic rings. The van der Waals surface area contributed by atoms with Gasteiger partial charge in [-0.15, -0.1) is 0 Å². The molecule has 11 heteroatoms. The van der Waals surface area contributed by atoms with E-state index in [2.05, 4.69) is 10.3 Å². The summed E-state index contributed by atoms with van der Waals surface area (Å²) in [5.41, 5.74) is -0.309. The summed E-state index contributed by atoms with van der Waals surface area (Å²) in [4.78, 5) is 51.4. The van der Waals surface area contributed by atoms with Gasteiger partial charge in [0.25, 0.3) is 11.5 Å². The van der Waals surface area contributed by atoms with Crippen molar-refractivity contribution in [3.8, 4) is 0 Å². The first kappa shape index (κ1) is 18.0. The highest BCUT2D eigenvalue weighted by Crippen LogP contribution is 2.24. The number of nitrogens with zero attached hydrogens (tertiary/aromatic N) is 4. The van der Waals surface area contributed by atoms with Crippen LogP contribution in [0.2, 0.25) is 0 Å². The van der Waals surface area contributed by atoms with Crippen molar-refractivity contribution in [2.45, 2.75) is 13.3 Å². The second kappa shape index (κ2) is 6.52. The van der Waals surface area contributed by atoms with E-state index in [1.54, 1.807) is 0 Å². The lowest BCUT2D eigenvalue weighted by molar-refractivity contribution is -0.402. The van der Waals surface area contributed by atoms with Gasteiger partial charge in [0, 0.05) is 20.3 Å². The van der Waals surface area contributed by atoms with E-state index in [0.717, 1.165) is 16.7 Å². The Kier molecular flexibility index (Phi) is 4.35. The molecule has 0 aliphatic heterocycles. The van der Waals surface area contributed by atoms with E-state index < -0.39 is 28.0 Å². The Balaban J connectivity index is 2.20. The van der Waals surface area contributed by atoms with Gasteiger partial charge in [0.15, 0.2) is 11.4 Å². The quantitative estimate of drug-likeness (QED) is 0.530.